The Morgan fingerprint density at radius 1 is 1.10 bits per heavy atom. The number of carbonyl (C=O) groups is 1. The Bertz CT molecular complexity index is 1070. The predicted octanol–water partition coefficient (Wildman–Crippen LogP) is 4.46. The highest BCUT2D eigenvalue weighted by molar-refractivity contribution is 5.80. The van der Waals surface area contributed by atoms with Gasteiger partial charge in [-0.25, -0.2) is 9.97 Å². The first kappa shape index (κ1) is 21.0. The van der Waals surface area contributed by atoms with Crippen LogP contribution in [0.15, 0.2) is 48.9 Å². The van der Waals surface area contributed by atoms with Crippen molar-refractivity contribution in [3.8, 4) is 16.9 Å². The molecule has 2 aromatic heterocycles. The van der Waals surface area contributed by atoms with E-state index in [1.807, 2.05) is 61.5 Å². The van der Waals surface area contributed by atoms with Crippen molar-refractivity contribution in [2.24, 2.45) is 0 Å². The summed E-state index contributed by atoms with van der Waals surface area (Å²) in [5.74, 6) is 1.64. The quantitative estimate of drug-likeness (QED) is 0.614. The van der Waals surface area contributed by atoms with Crippen LogP contribution in [0.5, 0.6) is 5.75 Å². The molecule has 1 atom stereocenters. The Morgan fingerprint density at radius 2 is 1.90 bits per heavy atom. The maximum absolute atomic E-state index is 13.3. The fraction of sp³-hybridized carbons (Fsp3) is 0.360. The van der Waals surface area contributed by atoms with E-state index in [4.69, 9.17) is 9.72 Å². The SMILES string of the molecule is COc1ccc(CC(=O)N2CCCCC2c2nc(C)ncc2-c2ccncc2C)cc1. The summed E-state index contributed by atoms with van der Waals surface area (Å²) in [4.78, 5) is 28.9. The average molecular weight is 417 g/mol. The summed E-state index contributed by atoms with van der Waals surface area (Å²) >= 11 is 0. The minimum Gasteiger partial charge on any atom is -0.497 e. The highest BCUT2D eigenvalue weighted by Crippen LogP contribution is 2.36. The number of hydrogen-bond donors (Lipinski definition) is 0. The summed E-state index contributed by atoms with van der Waals surface area (Å²) in [6, 6.07) is 9.65. The number of benzene rings is 1. The number of piperidine rings is 1. The predicted molar refractivity (Wildman–Crippen MR) is 120 cm³/mol. The maximum Gasteiger partial charge on any atom is 0.227 e. The minimum absolute atomic E-state index is 0.0521. The maximum atomic E-state index is 13.3. The van der Waals surface area contributed by atoms with Gasteiger partial charge < -0.3 is 9.64 Å². The molecule has 1 saturated heterocycles. The van der Waals surface area contributed by atoms with E-state index in [1.165, 1.54) is 0 Å². The van der Waals surface area contributed by atoms with Crippen LogP contribution in [0, 0.1) is 13.8 Å². The average Bonchev–Trinajstić information content (AvgIpc) is 2.80. The molecule has 0 bridgehead atoms. The van der Waals surface area contributed by atoms with Gasteiger partial charge in [-0.1, -0.05) is 12.1 Å². The molecule has 1 unspecified atom stereocenters. The highest BCUT2D eigenvalue weighted by atomic mass is 16.5. The summed E-state index contributed by atoms with van der Waals surface area (Å²) in [5.41, 5.74) is 5.05. The van der Waals surface area contributed by atoms with Gasteiger partial charge in [-0.05, 0) is 68.0 Å². The Hall–Kier alpha value is -3.28. The fourth-order valence-electron chi connectivity index (χ4n) is 4.26. The van der Waals surface area contributed by atoms with E-state index >= 15 is 0 Å². The Labute approximate surface area is 183 Å². The summed E-state index contributed by atoms with van der Waals surface area (Å²) in [7, 11) is 1.64. The normalized spacial score (nSPS) is 16.2. The third-order valence-electron chi connectivity index (χ3n) is 5.90. The lowest BCUT2D eigenvalue weighted by Crippen LogP contribution is -2.40. The number of nitrogens with zero attached hydrogens (tertiary/aromatic N) is 4. The number of pyridine rings is 1. The van der Waals surface area contributed by atoms with Crippen LogP contribution < -0.4 is 4.74 Å². The number of aryl methyl sites for hydroxylation is 2. The van der Waals surface area contributed by atoms with Crippen LogP contribution in [0.1, 0.15) is 47.9 Å². The third-order valence-corrected chi connectivity index (χ3v) is 5.90. The van der Waals surface area contributed by atoms with E-state index < -0.39 is 0 Å². The van der Waals surface area contributed by atoms with Crippen LogP contribution in [0.25, 0.3) is 11.1 Å². The van der Waals surface area contributed by atoms with Crippen molar-refractivity contribution < 1.29 is 9.53 Å². The van der Waals surface area contributed by atoms with Gasteiger partial charge in [0.15, 0.2) is 0 Å². The first-order valence-corrected chi connectivity index (χ1v) is 10.7. The molecule has 6 heteroatoms. The molecule has 4 rings (SSSR count). The number of ether oxygens (including phenoxy) is 1. The lowest BCUT2D eigenvalue weighted by Gasteiger charge is -2.36. The van der Waals surface area contributed by atoms with Gasteiger partial charge in [0, 0.05) is 30.7 Å². The number of hydrogen-bond acceptors (Lipinski definition) is 5. The molecule has 1 aromatic carbocycles. The second kappa shape index (κ2) is 9.25. The van der Waals surface area contributed by atoms with Crippen LogP contribution >= 0.6 is 0 Å². The molecule has 1 aliphatic heterocycles. The summed E-state index contributed by atoms with van der Waals surface area (Å²) in [5, 5.41) is 0. The van der Waals surface area contributed by atoms with Gasteiger partial charge in [0.2, 0.25) is 5.91 Å². The van der Waals surface area contributed by atoms with Crippen molar-refractivity contribution in [3.63, 3.8) is 0 Å². The molecule has 0 N–H and O–H groups in total. The number of methoxy groups -OCH3 is 1. The van der Waals surface area contributed by atoms with E-state index in [0.717, 1.165) is 65.3 Å². The van der Waals surface area contributed by atoms with Crippen LogP contribution in [-0.4, -0.2) is 39.4 Å². The summed E-state index contributed by atoms with van der Waals surface area (Å²) in [6.45, 7) is 4.69. The molecular formula is C25H28N4O2. The first-order chi connectivity index (χ1) is 15.1. The summed E-state index contributed by atoms with van der Waals surface area (Å²) < 4.78 is 5.23. The van der Waals surface area contributed by atoms with Crippen LogP contribution in [0.2, 0.25) is 0 Å². The van der Waals surface area contributed by atoms with E-state index in [-0.39, 0.29) is 11.9 Å². The van der Waals surface area contributed by atoms with Gasteiger partial charge in [0.25, 0.3) is 0 Å². The minimum atomic E-state index is -0.0521. The topological polar surface area (TPSA) is 68.2 Å². The molecule has 0 saturated carbocycles. The molecule has 0 aliphatic carbocycles. The first-order valence-electron chi connectivity index (χ1n) is 10.7. The van der Waals surface area contributed by atoms with E-state index in [0.29, 0.717) is 6.42 Å². The molecule has 1 aliphatic rings. The molecule has 160 valence electrons. The van der Waals surface area contributed by atoms with Gasteiger partial charge in [-0.3, -0.25) is 9.78 Å². The van der Waals surface area contributed by atoms with Gasteiger partial charge >= 0.3 is 0 Å². The Kier molecular flexibility index (Phi) is 6.26. The smallest absolute Gasteiger partial charge is 0.227 e. The van der Waals surface area contributed by atoms with Crippen LogP contribution in [0.4, 0.5) is 0 Å². The largest absolute Gasteiger partial charge is 0.497 e. The van der Waals surface area contributed by atoms with Crippen molar-refractivity contribution in [3.05, 3.63) is 71.6 Å². The number of rotatable bonds is 5. The number of aromatic nitrogens is 3. The van der Waals surface area contributed by atoms with Gasteiger partial charge in [0.1, 0.15) is 11.6 Å². The molecule has 31 heavy (non-hydrogen) atoms. The van der Waals surface area contributed by atoms with Crippen molar-refractivity contribution >= 4 is 5.91 Å². The lowest BCUT2D eigenvalue weighted by molar-refractivity contribution is -0.134. The van der Waals surface area contributed by atoms with Crippen LogP contribution in [-0.2, 0) is 11.2 Å². The van der Waals surface area contributed by atoms with Gasteiger partial charge in [-0.2, -0.15) is 0 Å². The highest BCUT2D eigenvalue weighted by Gasteiger charge is 2.31. The zero-order valence-electron chi connectivity index (χ0n) is 18.3. The Balaban J connectivity index is 1.66. The molecule has 1 amide bonds. The van der Waals surface area contributed by atoms with Gasteiger partial charge in [-0.15, -0.1) is 0 Å². The van der Waals surface area contributed by atoms with Crippen molar-refractivity contribution in [1.29, 1.82) is 0 Å². The standard InChI is InChI=1S/C25H28N4O2/c1-17-15-26-12-11-21(17)22-16-27-18(2)28-25(22)23-6-4-5-13-29(23)24(30)14-19-7-9-20(31-3)10-8-19/h7-12,15-16,23H,4-6,13-14H2,1-3H3. The zero-order valence-corrected chi connectivity index (χ0v) is 18.3. The third kappa shape index (κ3) is 4.58. The summed E-state index contributed by atoms with van der Waals surface area (Å²) in [6.07, 6.45) is 8.90. The molecule has 0 spiro atoms. The van der Waals surface area contributed by atoms with Gasteiger partial charge in [0.05, 0.1) is 25.3 Å². The molecule has 0 radical (unpaired) electrons. The van der Waals surface area contributed by atoms with E-state index in [1.54, 1.807) is 13.3 Å². The lowest BCUT2D eigenvalue weighted by atomic mass is 9.92. The number of amides is 1. The second-order valence-electron chi connectivity index (χ2n) is 8.03. The molecule has 1 fully saturated rings. The van der Waals surface area contributed by atoms with Crippen molar-refractivity contribution in [1.82, 2.24) is 19.9 Å². The molecule has 6 nitrogen and oxygen atoms in total. The zero-order chi connectivity index (χ0) is 21.8. The van der Waals surface area contributed by atoms with Crippen molar-refractivity contribution in [2.45, 2.75) is 45.6 Å². The fourth-order valence-corrected chi connectivity index (χ4v) is 4.26. The van der Waals surface area contributed by atoms with Crippen molar-refractivity contribution in [2.75, 3.05) is 13.7 Å². The monoisotopic (exact) mass is 416 g/mol. The van der Waals surface area contributed by atoms with Crippen LogP contribution in [0.3, 0.4) is 0 Å². The second-order valence-corrected chi connectivity index (χ2v) is 8.03. The molecule has 3 heterocycles. The molecule has 3 aromatic rings. The molecular weight excluding hydrogens is 388 g/mol. The number of likely N-dealkylation sites (tertiary alicyclic amines) is 1. The van der Waals surface area contributed by atoms with E-state index in [2.05, 4.69) is 9.97 Å². The number of carbonyl (C=O) groups excluding carboxylic acids is 1. The van der Waals surface area contributed by atoms with E-state index in [9.17, 15) is 4.79 Å². The Morgan fingerprint density at radius 3 is 2.65 bits per heavy atom.